The number of likely N-dealkylation sites (tertiary alicyclic amines) is 1. The highest BCUT2D eigenvalue weighted by molar-refractivity contribution is 6.05. The fourth-order valence-electron chi connectivity index (χ4n) is 3.58. The van der Waals surface area contributed by atoms with E-state index in [9.17, 15) is 9.59 Å². The van der Waals surface area contributed by atoms with Crippen molar-refractivity contribution in [2.75, 3.05) is 13.2 Å². The largest absolute Gasteiger partial charge is 0.396 e. The molecule has 1 fully saturated rings. The first-order chi connectivity index (χ1) is 12.0. The van der Waals surface area contributed by atoms with Crippen molar-refractivity contribution in [1.82, 2.24) is 14.7 Å². The lowest BCUT2D eigenvalue weighted by Crippen LogP contribution is -2.38. The van der Waals surface area contributed by atoms with E-state index in [4.69, 9.17) is 5.11 Å². The van der Waals surface area contributed by atoms with Crippen LogP contribution in [0.25, 0.3) is 10.8 Å². The summed E-state index contributed by atoms with van der Waals surface area (Å²) < 4.78 is 1.40. The Bertz CT molecular complexity index is 828. The minimum Gasteiger partial charge on any atom is -0.396 e. The summed E-state index contributed by atoms with van der Waals surface area (Å²) in [5.74, 6) is -0.119. The second-order valence-electron chi connectivity index (χ2n) is 6.90. The number of fused-ring (bicyclic) bond motifs is 1. The number of rotatable bonds is 5. The van der Waals surface area contributed by atoms with Crippen molar-refractivity contribution >= 4 is 16.7 Å². The van der Waals surface area contributed by atoms with Crippen LogP contribution in [-0.2, 0) is 0 Å². The van der Waals surface area contributed by atoms with Crippen LogP contribution in [0.1, 0.15) is 56.1 Å². The highest BCUT2D eigenvalue weighted by atomic mass is 16.3. The van der Waals surface area contributed by atoms with Crippen molar-refractivity contribution < 1.29 is 9.90 Å². The van der Waals surface area contributed by atoms with Crippen LogP contribution in [0.5, 0.6) is 0 Å². The Balaban J connectivity index is 2.07. The van der Waals surface area contributed by atoms with Gasteiger partial charge in [-0.25, -0.2) is 4.68 Å². The lowest BCUT2D eigenvalue weighted by molar-refractivity contribution is 0.0717. The molecule has 0 radical (unpaired) electrons. The van der Waals surface area contributed by atoms with Crippen molar-refractivity contribution in [1.29, 1.82) is 0 Å². The monoisotopic (exact) mass is 343 g/mol. The van der Waals surface area contributed by atoms with Gasteiger partial charge in [0.25, 0.3) is 11.5 Å². The van der Waals surface area contributed by atoms with E-state index in [1.165, 1.54) is 4.68 Å². The lowest BCUT2D eigenvalue weighted by Gasteiger charge is -2.25. The molecule has 25 heavy (non-hydrogen) atoms. The molecule has 1 aliphatic rings. The Hall–Kier alpha value is -2.21. The molecule has 3 rings (SSSR count). The predicted octanol–water partition coefficient (Wildman–Crippen LogP) is 2.35. The van der Waals surface area contributed by atoms with Gasteiger partial charge in [-0.2, -0.15) is 5.10 Å². The minimum absolute atomic E-state index is 0.118. The number of carbonyl (C=O) groups excluding carboxylic acids is 1. The summed E-state index contributed by atoms with van der Waals surface area (Å²) >= 11 is 0. The SMILES string of the molecule is CC(C)n1nc(C(=O)N2CCCC2CCCO)c2ccccc2c1=O. The Labute approximate surface area is 147 Å². The fraction of sp³-hybridized carbons (Fsp3) is 0.526. The van der Waals surface area contributed by atoms with Crippen LogP contribution in [0.4, 0.5) is 0 Å². The molecule has 2 heterocycles. The first kappa shape index (κ1) is 17.6. The molecule has 6 nitrogen and oxygen atoms in total. The number of hydrogen-bond donors (Lipinski definition) is 1. The summed E-state index contributed by atoms with van der Waals surface area (Å²) in [6.07, 6.45) is 3.40. The Morgan fingerprint density at radius 1 is 1.32 bits per heavy atom. The van der Waals surface area contributed by atoms with Crippen molar-refractivity contribution in [2.45, 2.75) is 51.6 Å². The molecule has 0 bridgehead atoms. The molecule has 1 atom stereocenters. The van der Waals surface area contributed by atoms with Gasteiger partial charge in [-0.15, -0.1) is 0 Å². The van der Waals surface area contributed by atoms with Crippen molar-refractivity contribution in [2.24, 2.45) is 0 Å². The number of aliphatic hydroxyl groups excluding tert-OH is 1. The summed E-state index contributed by atoms with van der Waals surface area (Å²) in [5, 5.41) is 14.6. The third kappa shape index (κ3) is 3.31. The molecular formula is C19H25N3O3. The van der Waals surface area contributed by atoms with Gasteiger partial charge in [0, 0.05) is 24.6 Å². The number of amides is 1. The van der Waals surface area contributed by atoms with E-state index in [1.54, 1.807) is 12.1 Å². The number of aromatic nitrogens is 2. The van der Waals surface area contributed by atoms with E-state index in [-0.39, 0.29) is 30.2 Å². The predicted molar refractivity (Wildman–Crippen MR) is 96.8 cm³/mol. The van der Waals surface area contributed by atoms with E-state index in [0.29, 0.717) is 29.4 Å². The molecule has 1 amide bonds. The summed E-state index contributed by atoms with van der Waals surface area (Å²) in [6.45, 7) is 4.61. The number of carbonyl (C=O) groups is 1. The molecule has 1 aliphatic heterocycles. The van der Waals surface area contributed by atoms with Gasteiger partial charge in [0.2, 0.25) is 0 Å². The molecule has 0 aliphatic carbocycles. The molecule has 0 saturated carbocycles. The summed E-state index contributed by atoms with van der Waals surface area (Å²) in [5.41, 5.74) is 0.181. The van der Waals surface area contributed by atoms with Gasteiger partial charge in [0.05, 0.1) is 11.4 Å². The Morgan fingerprint density at radius 2 is 2.04 bits per heavy atom. The van der Waals surface area contributed by atoms with Gasteiger partial charge in [0.15, 0.2) is 5.69 Å². The van der Waals surface area contributed by atoms with Crippen molar-refractivity contribution in [3.05, 3.63) is 40.3 Å². The van der Waals surface area contributed by atoms with Crippen molar-refractivity contribution in [3.8, 4) is 0 Å². The highest BCUT2D eigenvalue weighted by Crippen LogP contribution is 2.25. The highest BCUT2D eigenvalue weighted by Gasteiger charge is 2.31. The second kappa shape index (κ2) is 7.35. The normalized spacial score (nSPS) is 17.6. The minimum atomic E-state index is -0.166. The third-order valence-corrected chi connectivity index (χ3v) is 4.85. The van der Waals surface area contributed by atoms with Gasteiger partial charge in [-0.05, 0) is 45.6 Å². The van der Waals surface area contributed by atoms with Crippen LogP contribution in [-0.4, -0.2) is 44.9 Å². The molecule has 6 heteroatoms. The lowest BCUT2D eigenvalue weighted by atomic mass is 10.1. The quantitative estimate of drug-likeness (QED) is 0.904. The van der Waals surface area contributed by atoms with Crippen molar-refractivity contribution in [3.63, 3.8) is 0 Å². The van der Waals surface area contributed by atoms with Crippen LogP contribution in [0.3, 0.4) is 0 Å². The first-order valence-electron chi connectivity index (χ1n) is 8.98. The molecule has 1 N–H and O–H groups in total. The van der Waals surface area contributed by atoms with E-state index < -0.39 is 0 Å². The maximum Gasteiger partial charge on any atom is 0.275 e. The average Bonchev–Trinajstić information content (AvgIpc) is 3.08. The molecule has 134 valence electrons. The summed E-state index contributed by atoms with van der Waals surface area (Å²) in [7, 11) is 0. The van der Waals surface area contributed by atoms with Gasteiger partial charge in [-0.3, -0.25) is 9.59 Å². The maximum absolute atomic E-state index is 13.2. The summed E-state index contributed by atoms with van der Waals surface area (Å²) in [4.78, 5) is 27.7. The summed E-state index contributed by atoms with van der Waals surface area (Å²) in [6, 6.07) is 7.20. The van der Waals surface area contributed by atoms with E-state index in [1.807, 2.05) is 30.9 Å². The maximum atomic E-state index is 13.2. The zero-order valence-corrected chi connectivity index (χ0v) is 14.8. The van der Waals surface area contributed by atoms with Crippen LogP contribution in [0.2, 0.25) is 0 Å². The Kier molecular flexibility index (Phi) is 5.18. The smallest absolute Gasteiger partial charge is 0.275 e. The number of nitrogens with zero attached hydrogens (tertiary/aromatic N) is 3. The third-order valence-electron chi connectivity index (χ3n) is 4.85. The second-order valence-corrected chi connectivity index (χ2v) is 6.90. The number of hydrogen-bond acceptors (Lipinski definition) is 4. The number of benzene rings is 1. The Morgan fingerprint density at radius 3 is 2.72 bits per heavy atom. The molecule has 2 aromatic rings. The first-order valence-corrected chi connectivity index (χ1v) is 8.98. The van der Waals surface area contributed by atoms with Gasteiger partial charge >= 0.3 is 0 Å². The average molecular weight is 343 g/mol. The molecule has 1 aromatic heterocycles. The standard InChI is InChI=1S/C19H25N3O3/c1-13(2)22-18(24)16-10-4-3-9-15(16)17(20-22)19(25)21-11-5-7-14(21)8-6-12-23/h3-4,9-10,13-14,23H,5-8,11-12H2,1-2H3. The van der Waals surface area contributed by atoms with Crippen LogP contribution >= 0.6 is 0 Å². The molecule has 1 saturated heterocycles. The molecular weight excluding hydrogens is 318 g/mol. The van der Waals surface area contributed by atoms with E-state index in [2.05, 4.69) is 5.10 Å². The van der Waals surface area contributed by atoms with Gasteiger partial charge in [-0.1, -0.05) is 18.2 Å². The zero-order valence-electron chi connectivity index (χ0n) is 14.8. The topological polar surface area (TPSA) is 75.4 Å². The zero-order chi connectivity index (χ0) is 18.0. The van der Waals surface area contributed by atoms with E-state index >= 15 is 0 Å². The van der Waals surface area contributed by atoms with Crippen LogP contribution in [0.15, 0.2) is 29.1 Å². The number of aliphatic hydroxyl groups is 1. The fourth-order valence-corrected chi connectivity index (χ4v) is 3.58. The van der Waals surface area contributed by atoms with Crippen LogP contribution < -0.4 is 5.56 Å². The van der Waals surface area contributed by atoms with Gasteiger partial charge < -0.3 is 10.0 Å². The van der Waals surface area contributed by atoms with E-state index in [0.717, 1.165) is 19.3 Å². The van der Waals surface area contributed by atoms with Gasteiger partial charge in [0.1, 0.15) is 0 Å². The molecule has 1 aromatic carbocycles. The molecule has 0 spiro atoms. The molecule has 1 unspecified atom stereocenters. The van der Waals surface area contributed by atoms with Crippen LogP contribution in [0, 0.1) is 0 Å².